The molecule has 0 aromatic rings. The molecule has 0 N–H and O–H groups in total. The van der Waals surface area contributed by atoms with Gasteiger partial charge >= 0.3 is 5.97 Å². The first-order chi connectivity index (χ1) is 13.8. The summed E-state index contributed by atoms with van der Waals surface area (Å²) in [6.45, 7) is 27.7. The zero-order chi connectivity index (χ0) is 23.6. The van der Waals surface area contributed by atoms with Crippen molar-refractivity contribution in [3.8, 4) is 0 Å². The van der Waals surface area contributed by atoms with Crippen LogP contribution in [0.1, 0.15) is 94.9 Å². The Labute approximate surface area is 187 Å². The first kappa shape index (κ1) is 29.1. The van der Waals surface area contributed by atoms with Crippen molar-refractivity contribution < 1.29 is 19.0 Å². The molecule has 0 aliphatic carbocycles. The van der Waals surface area contributed by atoms with E-state index in [1.54, 1.807) is 6.92 Å². The second-order valence-corrected chi connectivity index (χ2v) is 10.4. The normalized spacial score (nSPS) is 16.6. The van der Waals surface area contributed by atoms with Crippen LogP contribution in [0.3, 0.4) is 0 Å². The number of hydrogen-bond acceptors (Lipinski definition) is 4. The monoisotopic (exact) mass is 426 g/mol. The van der Waals surface area contributed by atoms with E-state index in [1.807, 2.05) is 6.92 Å². The van der Waals surface area contributed by atoms with Crippen LogP contribution < -0.4 is 0 Å². The van der Waals surface area contributed by atoms with Crippen molar-refractivity contribution in [3.63, 3.8) is 0 Å². The molecule has 30 heavy (non-hydrogen) atoms. The molecule has 4 nitrogen and oxygen atoms in total. The van der Waals surface area contributed by atoms with Crippen LogP contribution in [0.2, 0.25) is 0 Å². The van der Waals surface area contributed by atoms with Gasteiger partial charge < -0.3 is 14.2 Å². The third kappa shape index (κ3) is 8.70. The maximum atomic E-state index is 11.5. The Morgan fingerprint density at radius 2 is 1.57 bits per heavy atom. The van der Waals surface area contributed by atoms with Gasteiger partial charge in [-0.25, -0.2) is 4.79 Å². The van der Waals surface area contributed by atoms with Crippen molar-refractivity contribution in [1.82, 2.24) is 0 Å². The summed E-state index contributed by atoms with van der Waals surface area (Å²) >= 11 is 0. The number of ether oxygens (including phenoxy) is 3. The molecule has 0 aromatic heterocycles. The van der Waals surface area contributed by atoms with Gasteiger partial charge in [-0.3, -0.25) is 0 Å². The van der Waals surface area contributed by atoms with Gasteiger partial charge in [0.05, 0.1) is 32.0 Å². The molecule has 0 amide bonds. The fourth-order valence-corrected chi connectivity index (χ4v) is 3.74. The molecule has 0 radical (unpaired) electrons. The van der Waals surface area contributed by atoms with Crippen LogP contribution in [-0.4, -0.2) is 38.0 Å². The predicted octanol–water partition coefficient (Wildman–Crippen LogP) is 6.82. The Morgan fingerprint density at radius 1 is 0.967 bits per heavy atom. The third-order valence-electron chi connectivity index (χ3n) is 7.25. The standard InChI is InChI=1S/C26H50O4/c1-12-15-26(14-3,24(8,9)13-2)19-28-18-22(7)25(10,11)30-17-21(6)16-29-23(27)20(4)5/h21-22H,4,12-19H2,1-3,5-11H3. The highest BCUT2D eigenvalue weighted by Crippen LogP contribution is 2.48. The van der Waals surface area contributed by atoms with Gasteiger partial charge in [0.15, 0.2) is 0 Å². The van der Waals surface area contributed by atoms with Gasteiger partial charge in [0.25, 0.3) is 0 Å². The molecule has 0 spiro atoms. The van der Waals surface area contributed by atoms with Crippen LogP contribution in [0, 0.1) is 22.7 Å². The summed E-state index contributed by atoms with van der Waals surface area (Å²) in [5.74, 6) is 0.0382. The first-order valence-electron chi connectivity index (χ1n) is 11.8. The Hall–Kier alpha value is -0.870. The Kier molecular flexibility index (Phi) is 12.5. The minimum absolute atomic E-state index is 0.128. The molecule has 0 fully saturated rings. The zero-order valence-electron chi connectivity index (χ0n) is 21.7. The van der Waals surface area contributed by atoms with E-state index < -0.39 is 0 Å². The lowest BCUT2D eigenvalue weighted by molar-refractivity contribution is -0.142. The average Bonchev–Trinajstić information content (AvgIpc) is 2.69. The highest BCUT2D eigenvalue weighted by Gasteiger charge is 2.42. The summed E-state index contributed by atoms with van der Waals surface area (Å²) in [6, 6.07) is 0. The van der Waals surface area contributed by atoms with Crippen LogP contribution in [0.5, 0.6) is 0 Å². The minimum atomic E-state index is -0.343. The third-order valence-corrected chi connectivity index (χ3v) is 7.25. The molecule has 0 saturated heterocycles. The number of carbonyl (C=O) groups is 1. The lowest BCUT2D eigenvalue weighted by Gasteiger charge is -2.47. The number of esters is 1. The molecule has 0 aliphatic heterocycles. The fourth-order valence-electron chi connectivity index (χ4n) is 3.74. The SMILES string of the molecule is C=C(C)C(=O)OCC(C)COC(C)(C)C(C)COCC(CC)(CCC)C(C)(C)CC. The maximum Gasteiger partial charge on any atom is 0.333 e. The Morgan fingerprint density at radius 3 is 2.03 bits per heavy atom. The molecule has 3 atom stereocenters. The molecule has 0 saturated carbocycles. The second kappa shape index (κ2) is 12.9. The largest absolute Gasteiger partial charge is 0.462 e. The summed E-state index contributed by atoms with van der Waals surface area (Å²) in [5, 5.41) is 0. The molecule has 0 aromatic carbocycles. The number of carbonyl (C=O) groups excluding carboxylic acids is 1. The maximum absolute atomic E-state index is 11.5. The molecule has 0 aliphatic rings. The molecular weight excluding hydrogens is 376 g/mol. The predicted molar refractivity (Wildman–Crippen MR) is 127 cm³/mol. The summed E-state index contributed by atoms with van der Waals surface area (Å²) < 4.78 is 17.8. The van der Waals surface area contributed by atoms with Crippen LogP contribution in [-0.2, 0) is 19.0 Å². The quantitative estimate of drug-likeness (QED) is 0.201. The Bertz CT molecular complexity index is 523. The van der Waals surface area contributed by atoms with Crippen molar-refractivity contribution >= 4 is 5.97 Å². The van der Waals surface area contributed by atoms with E-state index in [0.717, 1.165) is 19.4 Å². The topological polar surface area (TPSA) is 44.8 Å². The van der Waals surface area contributed by atoms with Gasteiger partial charge in [-0.15, -0.1) is 0 Å². The highest BCUT2D eigenvalue weighted by molar-refractivity contribution is 5.86. The van der Waals surface area contributed by atoms with Gasteiger partial charge in [0.2, 0.25) is 0 Å². The van der Waals surface area contributed by atoms with E-state index >= 15 is 0 Å². The van der Waals surface area contributed by atoms with Crippen molar-refractivity contribution in [2.24, 2.45) is 22.7 Å². The zero-order valence-corrected chi connectivity index (χ0v) is 21.7. The number of rotatable bonds is 16. The van der Waals surface area contributed by atoms with E-state index in [-0.39, 0.29) is 34.2 Å². The van der Waals surface area contributed by atoms with Crippen molar-refractivity contribution in [2.45, 2.75) is 101 Å². The van der Waals surface area contributed by atoms with Crippen LogP contribution in [0.15, 0.2) is 12.2 Å². The summed E-state index contributed by atoms with van der Waals surface area (Å²) in [4.78, 5) is 11.5. The van der Waals surface area contributed by atoms with Crippen LogP contribution in [0.4, 0.5) is 0 Å². The average molecular weight is 427 g/mol. The smallest absolute Gasteiger partial charge is 0.333 e. The highest BCUT2D eigenvalue weighted by atomic mass is 16.5. The minimum Gasteiger partial charge on any atom is -0.462 e. The van der Waals surface area contributed by atoms with Gasteiger partial charge in [0.1, 0.15) is 0 Å². The molecule has 0 heterocycles. The van der Waals surface area contributed by atoms with Crippen LogP contribution >= 0.6 is 0 Å². The summed E-state index contributed by atoms with van der Waals surface area (Å²) in [7, 11) is 0. The Balaban J connectivity index is 4.70. The molecule has 0 bridgehead atoms. The van der Waals surface area contributed by atoms with Crippen molar-refractivity contribution in [1.29, 1.82) is 0 Å². The van der Waals surface area contributed by atoms with Gasteiger partial charge in [-0.2, -0.15) is 0 Å². The van der Waals surface area contributed by atoms with E-state index in [2.05, 4.69) is 62.0 Å². The summed E-state index contributed by atoms with van der Waals surface area (Å²) in [6.07, 6.45) is 4.66. The molecule has 0 rings (SSSR count). The second-order valence-electron chi connectivity index (χ2n) is 10.4. The molecule has 3 unspecified atom stereocenters. The van der Waals surface area contributed by atoms with E-state index in [1.165, 1.54) is 12.8 Å². The van der Waals surface area contributed by atoms with Crippen molar-refractivity contribution in [2.75, 3.05) is 26.4 Å². The lowest BCUT2D eigenvalue weighted by Crippen LogP contribution is -2.43. The van der Waals surface area contributed by atoms with Crippen LogP contribution in [0.25, 0.3) is 0 Å². The van der Waals surface area contributed by atoms with Gasteiger partial charge in [0, 0.05) is 17.4 Å². The van der Waals surface area contributed by atoms with E-state index in [9.17, 15) is 4.79 Å². The molecular formula is C26H50O4. The van der Waals surface area contributed by atoms with Gasteiger partial charge in [-0.1, -0.05) is 67.9 Å². The fraction of sp³-hybridized carbons (Fsp3) is 0.885. The van der Waals surface area contributed by atoms with Crippen molar-refractivity contribution in [3.05, 3.63) is 12.2 Å². The molecule has 4 heteroatoms. The summed E-state index contributed by atoms with van der Waals surface area (Å²) in [5.41, 5.74) is 0.575. The number of hydrogen-bond donors (Lipinski definition) is 0. The van der Waals surface area contributed by atoms with E-state index in [4.69, 9.17) is 14.2 Å². The lowest BCUT2D eigenvalue weighted by atomic mass is 9.61. The first-order valence-corrected chi connectivity index (χ1v) is 11.8. The molecule has 178 valence electrons. The van der Waals surface area contributed by atoms with Gasteiger partial charge in [-0.05, 0) is 44.4 Å². The van der Waals surface area contributed by atoms with E-state index in [0.29, 0.717) is 25.4 Å².